The van der Waals surface area contributed by atoms with Crippen LogP contribution in [0.15, 0.2) is 11.1 Å². The number of imidazole rings is 1. The Bertz CT molecular complexity index is 952. The number of esters is 1. The molecule has 0 aromatic carbocycles. The topological polar surface area (TPSA) is 158 Å². The van der Waals surface area contributed by atoms with Crippen LogP contribution in [0, 0.1) is 5.92 Å². The van der Waals surface area contributed by atoms with Gasteiger partial charge in [0, 0.05) is 13.0 Å². The zero-order chi connectivity index (χ0) is 20.6. The maximum Gasteiger partial charge on any atom is 0.337 e. The molecule has 0 spiro atoms. The number of aliphatic hydroxyl groups excluding tert-OH is 1. The van der Waals surface area contributed by atoms with E-state index in [1.54, 1.807) is 13.8 Å². The van der Waals surface area contributed by atoms with Crippen molar-refractivity contribution in [3.05, 3.63) is 16.7 Å². The lowest BCUT2D eigenvalue weighted by atomic mass is 10.1. The first-order chi connectivity index (χ1) is 13.3. The molecule has 12 heteroatoms. The average Bonchev–Trinajstić information content (AvgIpc) is 3.21. The molecule has 1 aliphatic heterocycles. The zero-order valence-electron chi connectivity index (χ0n) is 15.7. The highest BCUT2D eigenvalue weighted by Gasteiger charge is 2.49. The molecule has 152 valence electrons. The second-order valence-electron chi connectivity index (χ2n) is 6.54. The number of carbonyl (C=O) groups is 2. The highest BCUT2D eigenvalue weighted by atomic mass is 16.6. The van der Waals surface area contributed by atoms with Crippen molar-refractivity contribution in [2.24, 2.45) is 5.92 Å². The number of hydrogen-bond acceptors (Lipinski definition) is 9. The number of aromatic amines is 1. The summed E-state index contributed by atoms with van der Waals surface area (Å²) in [6.07, 6.45) is -3.25. The van der Waals surface area contributed by atoms with E-state index in [1.165, 1.54) is 25.1 Å². The number of methoxy groups -OCH3 is 2. The first-order valence-corrected chi connectivity index (χ1v) is 8.50. The normalized spacial score (nSPS) is 24.6. The summed E-state index contributed by atoms with van der Waals surface area (Å²) in [4.78, 5) is 46.7. The molecule has 1 unspecified atom stereocenters. The van der Waals surface area contributed by atoms with E-state index < -0.39 is 36.1 Å². The summed E-state index contributed by atoms with van der Waals surface area (Å²) in [5, 5.41) is 12.9. The number of nitrogens with one attached hydrogen (secondary N) is 2. The summed E-state index contributed by atoms with van der Waals surface area (Å²) in [6.45, 7) is 3.39. The Balaban J connectivity index is 2.03. The molecule has 1 fully saturated rings. The van der Waals surface area contributed by atoms with Crippen molar-refractivity contribution >= 4 is 29.0 Å². The number of fused-ring (bicyclic) bond motifs is 1. The Morgan fingerprint density at radius 2 is 2.11 bits per heavy atom. The fourth-order valence-corrected chi connectivity index (χ4v) is 2.87. The van der Waals surface area contributed by atoms with Crippen molar-refractivity contribution in [1.29, 1.82) is 0 Å². The minimum atomic E-state index is -1.30. The van der Waals surface area contributed by atoms with Crippen LogP contribution in [0.5, 0.6) is 0 Å². The molecular formula is C16H21N5O7. The average molecular weight is 395 g/mol. The molecule has 2 aromatic rings. The van der Waals surface area contributed by atoms with Crippen molar-refractivity contribution in [2.75, 3.05) is 19.5 Å². The van der Waals surface area contributed by atoms with Crippen LogP contribution in [0.2, 0.25) is 0 Å². The smallest absolute Gasteiger partial charge is 0.337 e. The van der Waals surface area contributed by atoms with Crippen LogP contribution in [0.3, 0.4) is 0 Å². The van der Waals surface area contributed by atoms with E-state index in [0.29, 0.717) is 0 Å². The van der Waals surface area contributed by atoms with E-state index in [1.807, 2.05) is 0 Å². The van der Waals surface area contributed by atoms with E-state index in [2.05, 4.69) is 25.0 Å². The maximum atomic E-state index is 12.3. The standard InChI is InChI=1S/C16H21N5O7/c1-6(2)12(23)19-16-18-11-7(13(24)20-16)17-5-21(11)14-9(26-3)8(22)10(28-14)15(25)27-4/h5-6,8-10,14,22H,1-4H3,(H2,18,19,20,23,24)/t8-,9?,10+,14-/m1/s1. The van der Waals surface area contributed by atoms with Crippen molar-refractivity contribution < 1.29 is 28.9 Å². The fraction of sp³-hybridized carbons (Fsp3) is 0.562. The highest BCUT2D eigenvalue weighted by Crippen LogP contribution is 2.33. The number of rotatable bonds is 5. The SMILES string of the molecule is COC(=O)[C@H]1O[C@@H](n2cnc3c(=O)[nH]c(NC(=O)C(C)C)nc32)C(OC)[C@H]1O. The van der Waals surface area contributed by atoms with Gasteiger partial charge in [0.15, 0.2) is 23.5 Å². The molecule has 1 amide bonds. The lowest BCUT2D eigenvalue weighted by Gasteiger charge is -2.19. The molecule has 2 aromatic heterocycles. The second kappa shape index (κ2) is 7.66. The maximum absolute atomic E-state index is 12.3. The number of carbonyl (C=O) groups excluding carboxylic acids is 2. The van der Waals surface area contributed by atoms with Gasteiger partial charge in [-0.2, -0.15) is 4.98 Å². The van der Waals surface area contributed by atoms with Gasteiger partial charge in [0.25, 0.3) is 5.56 Å². The van der Waals surface area contributed by atoms with Gasteiger partial charge >= 0.3 is 5.97 Å². The summed E-state index contributed by atoms with van der Waals surface area (Å²) in [5.41, 5.74) is -0.482. The first-order valence-electron chi connectivity index (χ1n) is 8.50. The summed E-state index contributed by atoms with van der Waals surface area (Å²) >= 11 is 0. The Hall–Kier alpha value is -2.83. The van der Waals surface area contributed by atoms with Gasteiger partial charge in [0.2, 0.25) is 11.9 Å². The molecule has 0 bridgehead atoms. The molecule has 3 N–H and O–H groups in total. The Morgan fingerprint density at radius 1 is 1.39 bits per heavy atom. The largest absolute Gasteiger partial charge is 0.467 e. The molecule has 0 radical (unpaired) electrons. The molecule has 0 aliphatic carbocycles. The Kier molecular flexibility index (Phi) is 5.45. The molecule has 12 nitrogen and oxygen atoms in total. The quantitative estimate of drug-likeness (QED) is 0.549. The molecule has 3 rings (SSSR count). The van der Waals surface area contributed by atoms with Crippen LogP contribution in [-0.4, -0.2) is 69.0 Å². The van der Waals surface area contributed by atoms with Gasteiger partial charge in [-0.3, -0.25) is 24.5 Å². The predicted octanol–water partition coefficient (Wildman–Crippen LogP) is -0.840. The minimum Gasteiger partial charge on any atom is -0.467 e. The minimum absolute atomic E-state index is 0.00277. The van der Waals surface area contributed by atoms with Crippen LogP contribution in [-0.2, 0) is 23.8 Å². The lowest BCUT2D eigenvalue weighted by Crippen LogP contribution is -2.37. The number of nitrogens with zero attached hydrogens (tertiary/aromatic N) is 3. The van der Waals surface area contributed by atoms with Gasteiger partial charge in [-0.1, -0.05) is 13.8 Å². The molecule has 3 heterocycles. The van der Waals surface area contributed by atoms with Gasteiger partial charge < -0.3 is 19.3 Å². The summed E-state index contributed by atoms with van der Waals surface area (Å²) in [7, 11) is 2.52. The van der Waals surface area contributed by atoms with Gasteiger partial charge in [0.05, 0.1) is 13.4 Å². The van der Waals surface area contributed by atoms with Crippen LogP contribution < -0.4 is 10.9 Å². The van der Waals surface area contributed by atoms with Crippen molar-refractivity contribution in [3.63, 3.8) is 0 Å². The van der Waals surface area contributed by atoms with E-state index in [-0.39, 0.29) is 28.9 Å². The van der Waals surface area contributed by atoms with E-state index in [4.69, 9.17) is 9.47 Å². The van der Waals surface area contributed by atoms with Gasteiger partial charge in [-0.05, 0) is 0 Å². The number of aromatic nitrogens is 4. The summed E-state index contributed by atoms with van der Waals surface area (Å²) in [5.74, 6) is -1.48. The van der Waals surface area contributed by atoms with E-state index >= 15 is 0 Å². The number of anilines is 1. The van der Waals surface area contributed by atoms with E-state index in [9.17, 15) is 19.5 Å². The number of hydrogen-bond donors (Lipinski definition) is 3. The summed E-state index contributed by atoms with van der Waals surface area (Å²) in [6, 6.07) is 0. The van der Waals surface area contributed by atoms with E-state index in [0.717, 1.165) is 0 Å². The number of H-pyrrole nitrogens is 1. The molecule has 28 heavy (non-hydrogen) atoms. The molecular weight excluding hydrogens is 374 g/mol. The van der Waals surface area contributed by atoms with Crippen molar-refractivity contribution in [2.45, 2.75) is 38.4 Å². The first kappa shape index (κ1) is 19.9. The molecule has 1 saturated heterocycles. The van der Waals surface area contributed by atoms with Crippen LogP contribution in [0.1, 0.15) is 20.1 Å². The van der Waals surface area contributed by atoms with Gasteiger partial charge in [0.1, 0.15) is 12.2 Å². The third kappa shape index (κ3) is 3.37. The third-order valence-corrected chi connectivity index (χ3v) is 4.39. The lowest BCUT2D eigenvalue weighted by molar-refractivity contribution is -0.158. The monoisotopic (exact) mass is 395 g/mol. The second-order valence-corrected chi connectivity index (χ2v) is 6.54. The molecule has 4 atom stereocenters. The molecule has 1 aliphatic rings. The van der Waals surface area contributed by atoms with Gasteiger partial charge in [-0.15, -0.1) is 0 Å². The van der Waals surface area contributed by atoms with Gasteiger partial charge in [-0.25, -0.2) is 9.78 Å². The summed E-state index contributed by atoms with van der Waals surface area (Å²) < 4.78 is 16.9. The third-order valence-electron chi connectivity index (χ3n) is 4.39. The molecule has 0 saturated carbocycles. The fourth-order valence-electron chi connectivity index (χ4n) is 2.87. The number of aliphatic hydroxyl groups is 1. The highest BCUT2D eigenvalue weighted by molar-refractivity contribution is 5.91. The Morgan fingerprint density at radius 3 is 2.71 bits per heavy atom. The van der Waals surface area contributed by atoms with Crippen LogP contribution >= 0.6 is 0 Å². The predicted molar refractivity (Wildman–Crippen MR) is 94.3 cm³/mol. The number of amides is 1. The van der Waals surface area contributed by atoms with Crippen LogP contribution in [0.4, 0.5) is 5.95 Å². The van der Waals surface area contributed by atoms with Crippen molar-refractivity contribution in [1.82, 2.24) is 19.5 Å². The zero-order valence-corrected chi connectivity index (χ0v) is 15.7. The Labute approximate surface area is 158 Å². The van der Waals surface area contributed by atoms with Crippen molar-refractivity contribution in [3.8, 4) is 0 Å². The van der Waals surface area contributed by atoms with Crippen LogP contribution in [0.25, 0.3) is 11.2 Å². The number of ether oxygens (including phenoxy) is 3.